The second-order valence-corrected chi connectivity index (χ2v) is 13.6. The first kappa shape index (κ1) is 49.2. The number of aryl methyl sites for hydroxylation is 1. The van der Waals surface area contributed by atoms with Crippen molar-refractivity contribution in [1.82, 2.24) is 0 Å². The highest BCUT2D eigenvalue weighted by Gasteiger charge is 2.10. The molecule has 12 heteroatoms. The van der Waals surface area contributed by atoms with Crippen LogP contribution >= 0.6 is 0 Å². The number of rotatable bonds is 27. The largest absolute Gasteiger partial charge is 0.494 e. The molecule has 0 aliphatic carbocycles. The van der Waals surface area contributed by atoms with Crippen molar-refractivity contribution in [2.45, 2.75) is 97.8 Å². The number of hydrogen-bond acceptors (Lipinski definition) is 12. The van der Waals surface area contributed by atoms with E-state index in [1.807, 2.05) is 24.3 Å². The summed E-state index contributed by atoms with van der Waals surface area (Å²) in [7, 11) is 0. The third-order valence-electron chi connectivity index (χ3n) is 8.30. The molecule has 0 N–H and O–H groups in total. The number of carbonyl (C=O) groups is 5. The van der Waals surface area contributed by atoms with Crippen molar-refractivity contribution in [3.63, 3.8) is 0 Å². The monoisotopic (exact) mass is 816 g/mol. The topological polar surface area (TPSA) is 150 Å². The van der Waals surface area contributed by atoms with E-state index < -0.39 is 17.9 Å². The first-order valence-electron chi connectivity index (χ1n) is 20.2. The van der Waals surface area contributed by atoms with E-state index in [4.69, 9.17) is 33.2 Å². The summed E-state index contributed by atoms with van der Waals surface area (Å²) >= 11 is 0. The Hall–Kier alpha value is -5.91. The Kier molecular flexibility index (Phi) is 25.2. The fourth-order valence-corrected chi connectivity index (χ4v) is 5.05. The molecular formula is C47H60O12. The second-order valence-electron chi connectivity index (χ2n) is 13.6. The van der Waals surface area contributed by atoms with Crippen LogP contribution < -0.4 is 18.9 Å². The van der Waals surface area contributed by atoms with Gasteiger partial charge in [-0.3, -0.25) is 9.59 Å². The Bertz CT molecular complexity index is 1710. The van der Waals surface area contributed by atoms with Gasteiger partial charge in [0.25, 0.3) is 0 Å². The van der Waals surface area contributed by atoms with Crippen molar-refractivity contribution < 1.29 is 57.1 Å². The molecule has 0 saturated carbocycles. The quantitative estimate of drug-likeness (QED) is 0.0237. The van der Waals surface area contributed by atoms with E-state index in [0.29, 0.717) is 67.8 Å². The van der Waals surface area contributed by atoms with Crippen molar-refractivity contribution in [2.24, 2.45) is 0 Å². The van der Waals surface area contributed by atoms with Gasteiger partial charge in [-0.1, -0.05) is 30.9 Å². The Morgan fingerprint density at radius 1 is 0.525 bits per heavy atom. The highest BCUT2D eigenvalue weighted by atomic mass is 16.5. The number of hydrogen-bond donors (Lipinski definition) is 0. The predicted molar refractivity (Wildman–Crippen MR) is 225 cm³/mol. The number of ether oxygens (including phenoxy) is 7. The van der Waals surface area contributed by atoms with Crippen LogP contribution in [-0.4, -0.2) is 62.9 Å². The molecule has 0 heterocycles. The molecule has 0 saturated heterocycles. The third kappa shape index (κ3) is 24.5. The van der Waals surface area contributed by atoms with Gasteiger partial charge in [-0.05, 0) is 145 Å². The summed E-state index contributed by atoms with van der Waals surface area (Å²) in [6.45, 7) is 14.4. The summed E-state index contributed by atoms with van der Waals surface area (Å²) in [5.41, 5.74) is 2.03. The van der Waals surface area contributed by atoms with Crippen molar-refractivity contribution >= 4 is 29.8 Å². The molecule has 0 spiro atoms. The zero-order valence-corrected chi connectivity index (χ0v) is 34.8. The molecular weight excluding hydrogens is 757 g/mol. The van der Waals surface area contributed by atoms with Crippen LogP contribution in [0.25, 0.3) is 0 Å². The normalized spacial score (nSPS) is 10.2. The fraction of sp³-hybridized carbons (Fsp3) is 0.426. The lowest BCUT2D eigenvalue weighted by molar-refractivity contribution is -0.144. The molecule has 3 rings (SSSR count). The molecule has 0 bridgehead atoms. The van der Waals surface area contributed by atoms with Crippen LogP contribution in [0, 0.1) is 6.92 Å². The summed E-state index contributed by atoms with van der Waals surface area (Å²) < 4.78 is 36.7. The Balaban J connectivity index is 0.000000409. The number of carbonyl (C=O) groups excluding carboxylic acids is 5. The second kappa shape index (κ2) is 30.2. The molecule has 0 aliphatic heterocycles. The van der Waals surface area contributed by atoms with Gasteiger partial charge in [0.05, 0.1) is 38.6 Å². The van der Waals surface area contributed by atoms with Gasteiger partial charge in [0.2, 0.25) is 0 Å². The van der Waals surface area contributed by atoms with Crippen LogP contribution in [0.15, 0.2) is 97.6 Å². The van der Waals surface area contributed by atoms with E-state index in [1.54, 1.807) is 55.5 Å². The maximum absolute atomic E-state index is 12.2. The SMILES string of the molecule is C=C(C)C(=O)OCCCCCC(=O)OCCCCCCOc1ccc(C)cc1.C=CC(=O)OCCCCCCOc1ccc(C(=O)Oc2ccc(OC(C)=O)cc2)cc1. The van der Waals surface area contributed by atoms with Gasteiger partial charge in [0, 0.05) is 25.0 Å². The van der Waals surface area contributed by atoms with Crippen LogP contribution in [-0.2, 0) is 33.4 Å². The van der Waals surface area contributed by atoms with E-state index >= 15 is 0 Å². The Morgan fingerprint density at radius 2 is 0.966 bits per heavy atom. The molecule has 3 aromatic rings. The predicted octanol–water partition coefficient (Wildman–Crippen LogP) is 9.66. The molecule has 0 atom stereocenters. The fourth-order valence-electron chi connectivity index (χ4n) is 5.05. The Morgan fingerprint density at radius 3 is 1.47 bits per heavy atom. The number of benzene rings is 3. The minimum absolute atomic E-state index is 0.151. The molecule has 0 aliphatic rings. The van der Waals surface area contributed by atoms with Gasteiger partial charge in [-0.2, -0.15) is 0 Å². The van der Waals surface area contributed by atoms with Gasteiger partial charge < -0.3 is 33.2 Å². The zero-order chi connectivity index (χ0) is 43.1. The molecule has 320 valence electrons. The summed E-state index contributed by atoms with van der Waals surface area (Å²) in [6.07, 6.45) is 11.5. The highest BCUT2D eigenvalue weighted by Crippen LogP contribution is 2.20. The van der Waals surface area contributed by atoms with Crippen molar-refractivity contribution in [2.75, 3.05) is 33.0 Å². The lowest BCUT2D eigenvalue weighted by atomic mass is 10.2. The minimum atomic E-state index is -0.496. The first-order valence-corrected chi connectivity index (χ1v) is 20.2. The minimum Gasteiger partial charge on any atom is -0.494 e. The summed E-state index contributed by atoms with van der Waals surface area (Å²) in [5.74, 6) is 0.485. The molecule has 12 nitrogen and oxygen atoms in total. The Labute approximate surface area is 348 Å². The standard InChI is InChI=1S/C24H26O7.C23H34O5/c1-3-23(26)29-17-7-5-4-6-16-28-20-10-8-19(9-11-20)24(27)31-22-14-12-21(13-15-22)30-18(2)25;1-19(2)23(25)28-18-10-6-7-11-22(24)27-17-9-5-4-8-16-26-21-14-12-20(3)13-15-21/h3,8-15H,1,4-7,16-17H2,2H3;12-15H,1,4-11,16-18H2,2-3H3. The van der Waals surface area contributed by atoms with Gasteiger partial charge >= 0.3 is 29.8 Å². The molecule has 3 aromatic carbocycles. The van der Waals surface area contributed by atoms with Crippen LogP contribution in [0.5, 0.6) is 23.0 Å². The van der Waals surface area contributed by atoms with E-state index in [9.17, 15) is 24.0 Å². The van der Waals surface area contributed by atoms with Gasteiger partial charge in [-0.25, -0.2) is 14.4 Å². The lowest BCUT2D eigenvalue weighted by Gasteiger charge is -2.08. The van der Waals surface area contributed by atoms with E-state index in [0.717, 1.165) is 82.5 Å². The van der Waals surface area contributed by atoms with Crippen molar-refractivity contribution in [1.29, 1.82) is 0 Å². The van der Waals surface area contributed by atoms with Crippen LogP contribution in [0.3, 0.4) is 0 Å². The maximum atomic E-state index is 12.2. The van der Waals surface area contributed by atoms with E-state index in [-0.39, 0.29) is 11.9 Å². The van der Waals surface area contributed by atoms with Crippen LogP contribution in [0.4, 0.5) is 0 Å². The van der Waals surface area contributed by atoms with Crippen molar-refractivity contribution in [3.05, 3.63) is 109 Å². The molecule has 0 unspecified atom stereocenters. The summed E-state index contributed by atoms with van der Waals surface area (Å²) in [5, 5.41) is 0. The molecule has 59 heavy (non-hydrogen) atoms. The van der Waals surface area contributed by atoms with Gasteiger partial charge in [0.15, 0.2) is 0 Å². The zero-order valence-electron chi connectivity index (χ0n) is 34.8. The van der Waals surface area contributed by atoms with E-state index in [2.05, 4.69) is 20.1 Å². The molecule has 0 fully saturated rings. The third-order valence-corrected chi connectivity index (χ3v) is 8.30. The van der Waals surface area contributed by atoms with Crippen molar-refractivity contribution in [3.8, 4) is 23.0 Å². The van der Waals surface area contributed by atoms with Crippen LogP contribution in [0.1, 0.15) is 107 Å². The summed E-state index contributed by atoms with van der Waals surface area (Å²) in [4.78, 5) is 56.9. The maximum Gasteiger partial charge on any atom is 0.343 e. The average Bonchev–Trinajstić information content (AvgIpc) is 3.22. The smallest absolute Gasteiger partial charge is 0.343 e. The average molecular weight is 817 g/mol. The molecule has 0 aromatic heterocycles. The number of esters is 5. The molecule has 0 amide bonds. The molecule has 0 radical (unpaired) electrons. The van der Waals surface area contributed by atoms with Gasteiger partial charge in [-0.15, -0.1) is 0 Å². The van der Waals surface area contributed by atoms with E-state index in [1.165, 1.54) is 12.5 Å². The van der Waals surface area contributed by atoms with Crippen LogP contribution in [0.2, 0.25) is 0 Å². The number of unbranched alkanes of at least 4 members (excludes halogenated alkanes) is 8. The summed E-state index contributed by atoms with van der Waals surface area (Å²) in [6, 6.07) is 21.0. The first-order chi connectivity index (χ1) is 28.5. The lowest BCUT2D eigenvalue weighted by Crippen LogP contribution is -2.08. The highest BCUT2D eigenvalue weighted by molar-refractivity contribution is 5.91. The van der Waals surface area contributed by atoms with Gasteiger partial charge in [0.1, 0.15) is 23.0 Å².